The summed E-state index contributed by atoms with van der Waals surface area (Å²) in [5.74, 6) is -2.19. The summed E-state index contributed by atoms with van der Waals surface area (Å²) in [6.45, 7) is 2.51. The van der Waals surface area contributed by atoms with Crippen molar-refractivity contribution < 1.29 is 52.7 Å². The number of aliphatic hydroxyl groups excluding tert-OH is 2. The number of rotatable bonds is 13. The van der Waals surface area contributed by atoms with Crippen LogP contribution in [-0.2, 0) is 32.9 Å². The molecule has 1 saturated heterocycles. The van der Waals surface area contributed by atoms with Crippen molar-refractivity contribution in [2.75, 3.05) is 19.8 Å². The van der Waals surface area contributed by atoms with Gasteiger partial charge >= 0.3 is 19.7 Å². The van der Waals surface area contributed by atoms with Crippen LogP contribution in [-0.4, -0.2) is 81.0 Å². The molecule has 39 heavy (non-hydrogen) atoms. The minimum Gasteiger partial charge on any atom is -0.492 e. The van der Waals surface area contributed by atoms with Gasteiger partial charge in [0.25, 0.3) is 0 Å². The van der Waals surface area contributed by atoms with Gasteiger partial charge in [-0.1, -0.05) is 18.2 Å². The van der Waals surface area contributed by atoms with Crippen LogP contribution in [0.5, 0.6) is 11.6 Å². The van der Waals surface area contributed by atoms with E-state index in [1.54, 1.807) is 38.1 Å². The number of imidazole rings is 1. The molecular weight excluding hydrogens is 539 g/mol. The van der Waals surface area contributed by atoms with Gasteiger partial charge in [-0.05, 0) is 26.0 Å². The van der Waals surface area contributed by atoms with Crippen LogP contribution in [0.15, 0.2) is 36.7 Å². The van der Waals surface area contributed by atoms with Crippen molar-refractivity contribution in [3.8, 4) is 17.7 Å². The van der Waals surface area contributed by atoms with Crippen LogP contribution in [0.2, 0.25) is 0 Å². The minimum atomic E-state index is -4.49. The Kier molecular flexibility index (Phi) is 10.4. The van der Waals surface area contributed by atoms with E-state index in [-0.39, 0.29) is 24.7 Å². The lowest BCUT2D eigenvalue weighted by Gasteiger charge is -2.25. The zero-order chi connectivity index (χ0) is 28.6. The van der Waals surface area contributed by atoms with Gasteiger partial charge in [-0.25, -0.2) is 9.55 Å². The first-order valence-corrected chi connectivity index (χ1v) is 13.4. The first-order valence-electron chi connectivity index (χ1n) is 11.9. The Bertz CT molecular complexity index is 1220. The highest BCUT2D eigenvalue weighted by Crippen LogP contribution is 2.46. The number of benzene rings is 1. The average Bonchev–Trinajstić information content (AvgIpc) is 3.41. The standard InChI is InChI=1S/C23H29N4O11P/c1-3-34-18(28)10-15(23(32)35-4-2)26-39(33,38-14-8-6-5-7-9-14)36-12-17-19(29)20(30)22(37-17)27-13-25-16(11-24)21(27)31/h5-9,13,15,17,19-20,22,29-31H,3-4,10,12H2,1-2H3,(H,26,33)/t15-,17+,19?,20+,22+,39?/m0/s1. The number of aliphatic hydroxyl groups is 2. The summed E-state index contributed by atoms with van der Waals surface area (Å²) in [4.78, 5) is 28.3. The Balaban J connectivity index is 1.81. The van der Waals surface area contributed by atoms with E-state index in [4.69, 9.17) is 28.5 Å². The third-order valence-electron chi connectivity index (χ3n) is 5.42. The summed E-state index contributed by atoms with van der Waals surface area (Å²) in [5, 5.41) is 42.5. The molecule has 1 aromatic heterocycles. The Morgan fingerprint density at radius 1 is 1.21 bits per heavy atom. The van der Waals surface area contributed by atoms with E-state index in [0.717, 1.165) is 10.9 Å². The number of ether oxygens (including phenoxy) is 3. The summed E-state index contributed by atoms with van der Waals surface area (Å²) in [6.07, 6.45) is -5.36. The maximum absolute atomic E-state index is 13.8. The van der Waals surface area contributed by atoms with E-state index in [9.17, 15) is 29.5 Å². The molecule has 1 aromatic carbocycles. The van der Waals surface area contributed by atoms with E-state index in [1.165, 1.54) is 12.1 Å². The first kappa shape index (κ1) is 30.0. The summed E-state index contributed by atoms with van der Waals surface area (Å²) in [5.41, 5.74) is -0.323. The lowest BCUT2D eigenvalue weighted by molar-refractivity contribution is -0.151. The number of hydrogen-bond donors (Lipinski definition) is 4. The largest absolute Gasteiger partial charge is 0.492 e. The predicted molar refractivity (Wildman–Crippen MR) is 130 cm³/mol. The SMILES string of the molecule is CCOC(=O)C[C@H](NP(=O)(OC[C@H]1O[C@@H](n2cnc(C#N)c2O)[C@H](O)C1O)Oc1ccccc1)C(=O)OCC. The topological polar surface area (TPSA) is 212 Å². The van der Waals surface area contributed by atoms with Gasteiger partial charge in [0.05, 0.1) is 26.2 Å². The van der Waals surface area contributed by atoms with E-state index in [2.05, 4.69) is 10.1 Å². The molecule has 2 unspecified atom stereocenters. The Labute approximate surface area is 223 Å². The van der Waals surface area contributed by atoms with Crippen LogP contribution in [0, 0.1) is 11.3 Å². The van der Waals surface area contributed by atoms with Crippen molar-refractivity contribution in [3.05, 3.63) is 42.4 Å². The van der Waals surface area contributed by atoms with Crippen LogP contribution >= 0.6 is 7.75 Å². The number of esters is 2. The highest BCUT2D eigenvalue weighted by Gasteiger charge is 2.46. The summed E-state index contributed by atoms with van der Waals surface area (Å²) >= 11 is 0. The molecule has 0 radical (unpaired) electrons. The maximum Gasteiger partial charge on any atom is 0.459 e. The third kappa shape index (κ3) is 7.54. The quantitative estimate of drug-likeness (QED) is 0.194. The molecule has 0 amide bonds. The molecule has 0 spiro atoms. The van der Waals surface area contributed by atoms with Crippen molar-refractivity contribution >= 4 is 19.7 Å². The van der Waals surface area contributed by atoms with Gasteiger partial charge in [-0.2, -0.15) is 10.3 Å². The maximum atomic E-state index is 13.8. The second-order valence-corrected chi connectivity index (χ2v) is 9.82. The smallest absolute Gasteiger partial charge is 0.459 e. The van der Waals surface area contributed by atoms with Gasteiger partial charge in [-0.15, -0.1) is 0 Å². The van der Waals surface area contributed by atoms with Crippen molar-refractivity contribution in [1.29, 1.82) is 5.26 Å². The summed E-state index contributed by atoms with van der Waals surface area (Å²) in [7, 11) is -4.49. The van der Waals surface area contributed by atoms with Gasteiger partial charge in [-0.3, -0.25) is 18.7 Å². The zero-order valence-electron chi connectivity index (χ0n) is 21.1. The van der Waals surface area contributed by atoms with Gasteiger partial charge in [0.15, 0.2) is 6.23 Å². The van der Waals surface area contributed by atoms with Gasteiger partial charge in [0.2, 0.25) is 11.6 Å². The molecule has 1 aliphatic heterocycles. The van der Waals surface area contributed by atoms with Gasteiger partial charge < -0.3 is 34.1 Å². The molecule has 0 saturated carbocycles. The van der Waals surface area contributed by atoms with E-state index in [1.807, 2.05) is 0 Å². The molecule has 4 N–H and O–H groups in total. The molecule has 212 valence electrons. The third-order valence-corrected chi connectivity index (χ3v) is 6.99. The Morgan fingerprint density at radius 3 is 2.51 bits per heavy atom. The molecule has 6 atom stereocenters. The number of para-hydroxylation sites is 1. The first-order chi connectivity index (χ1) is 18.6. The Hall–Kier alpha value is -3.51. The average molecular weight is 568 g/mol. The molecule has 1 aliphatic rings. The van der Waals surface area contributed by atoms with Crippen LogP contribution in [0.3, 0.4) is 0 Å². The summed E-state index contributed by atoms with van der Waals surface area (Å²) in [6, 6.07) is 7.99. The number of aromatic hydroxyl groups is 1. The van der Waals surface area contributed by atoms with Gasteiger partial charge in [0, 0.05) is 0 Å². The molecule has 0 aliphatic carbocycles. The minimum absolute atomic E-state index is 0.0272. The molecule has 2 aromatic rings. The number of nitrogens with zero attached hydrogens (tertiary/aromatic N) is 3. The van der Waals surface area contributed by atoms with E-state index >= 15 is 0 Å². The molecule has 1 fully saturated rings. The number of hydrogen-bond acceptors (Lipinski definition) is 13. The second kappa shape index (κ2) is 13.5. The van der Waals surface area contributed by atoms with Crippen molar-refractivity contribution in [3.63, 3.8) is 0 Å². The molecule has 3 rings (SSSR count). The number of nitriles is 1. The fourth-order valence-electron chi connectivity index (χ4n) is 3.60. The molecule has 15 nitrogen and oxygen atoms in total. The van der Waals surface area contributed by atoms with Crippen LogP contribution in [0.25, 0.3) is 0 Å². The lowest BCUT2D eigenvalue weighted by atomic mass is 10.1. The highest BCUT2D eigenvalue weighted by molar-refractivity contribution is 7.52. The molecule has 16 heteroatoms. The van der Waals surface area contributed by atoms with E-state index < -0.39 is 69.2 Å². The van der Waals surface area contributed by atoms with E-state index in [0.29, 0.717) is 0 Å². The monoisotopic (exact) mass is 568 g/mol. The fraction of sp³-hybridized carbons (Fsp3) is 0.478. The molecule has 2 heterocycles. The predicted octanol–water partition coefficient (Wildman–Crippen LogP) is 0.758. The van der Waals surface area contributed by atoms with Crippen molar-refractivity contribution in [1.82, 2.24) is 14.6 Å². The normalized spacial score (nSPS) is 22.8. The van der Waals surface area contributed by atoms with Crippen LogP contribution in [0.4, 0.5) is 0 Å². The number of aromatic nitrogens is 2. The lowest BCUT2D eigenvalue weighted by Crippen LogP contribution is -2.40. The second-order valence-electron chi connectivity index (χ2n) is 8.12. The highest BCUT2D eigenvalue weighted by atomic mass is 31.2. The van der Waals surface area contributed by atoms with Crippen LogP contribution in [0.1, 0.15) is 32.2 Å². The zero-order valence-corrected chi connectivity index (χ0v) is 22.0. The molecular formula is C23H29N4O11P. The van der Waals surface area contributed by atoms with Gasteiger partial charge in [0.1, 0.15) is 42.5 Å². The summed E-state index contributed by atoms with van der Waals surface area (Å²) < 4.78 is 41.3. The number of carbonyl (C=O) groups is 2. The Morgan fingerprint density at radius 2 is 1.90 bits per heavy atom. The number of nitrogens with one attached hydrogen (secondary N) is 1. The van der Waals surface area contributed by atoms with Crippen molar-refractivity contribution in [2.45, 2.75) is 50.8 Å². The van der Waals surface area contributed by atoms with Crippen molar-refractivity contribution in [2.24, 2.45) is 0 Å². The number of carbonyl (C=O) groups excluding carboxylic acids is 2. The molecule has 0 bridgehead atoms. The fourth-order valence-corrected chi connectivity index (χ4v) is 5.10. The van der Waals surface area contributed by atoms with Crippen LogP contribution < -0.4 is 9.61 Å².